The number of hydrogen-bond donors (Lipinski definition) is 3. The van der Waals surface area contributed by atoms with E-state index in [2.05, 4.69) is 4.72 Å². The van der Waals surface area contributed by atoms with Crippen molar-refractivity contribution < 1.29 is 13.5 Å². The van der Waals surface area contributed by atoms with Crippen LogP contribution in [0.1, 0.15) is 32.1 Å². The van der Waals surface area contributed by atoms with Gasteiger partial charge in [-0.3, -0.25) is 0 Å². The molecular weight excluding hydrogens is 335 g/mol. The van der Waals surface area contributed by atoms with Gasteiger partial charge in [0.15, 0.2) is 0 Å². The highest BCUT2D eigenvalue weighted by molar-refractivity contribution is 7.89. The maximum Gasteiger partial charge on any atom is 0.244 e. The summed E-state index contributed by atoms with van der Waals surface area (Å²) in [6.07, 6.45) is 3.95. The van der Waals surface area contributed by atoms with E-state index >= 15 is 0 Å². The van der Waals surface area contributed by atoms with Crippen molar-refractivity contribution in [2.24, 2.45) is 0 Å². The molecule has 1 aliphatic rings. The first-order valence-electron chi connectivity index (χ1n) is 6.69. The summed E-state index contributed by atoms with van der Waals surface area (Å²) in [5.41, 5.74) is 4.90. The number of halogens is 2. The summed E-state index contributed by atoms with van der Waals surface area (Å²) < 4.78 is 27.8. The van der Waals surface area contributed by atoms with Gasteiger partial charge in [-0.05, 0) is 25.0 Å². The van der Waals surface area contributed by atoms with Crippen molar-refractivity contribution in [3.8, 4) is 0 Å². The van der Waals surface area contributed by atoms with E-state index < -0.39 is 15.6 Å². The van der Waals surface area contributed by atoms with E-state index in [9.17, 15) is 13.5 Å². The zero-order chi connectivity index (χ0) is 15.7. The molecule has 0 bridgehead atoms. The number of nitrogen functional groups attached to an aromatic ring is 1. The number of aliphatic hydroxyl groups is 1. The Kier molecular flexibility index (Phi) is 5.05. The zero-order valence-electron chi connectivity index (χ0n) is 11.4. The molecule has 0 saturated heterocycles. The second kappa shape index (κ2) is 6.30. The summed E-state index contributed by atoms with van der Waals surface area (Å²) in [5.74, 6) is 0. The molecule has 1 fully saturated rings. The molecule has 0 spiro atoms. The maximum absolute atomic E-state index is 12.6. The van der Waals surface area contributed by atoms with Crippen LogP contribution in [0, 0.1) is 0 Å². The number of rotatable bonds is 4. The molecule has 1 aliphatic carbocycles. The van der Waals surface area contributed by atoms with Gasteiger partial charge in [0.25, 0.3) is 0 Å². The lowest BCUT2D eigenvalue weighted by atomic mass is 9.83. The smallest absolute Gasteiger partial charge is 0.244 e. The molecule has 0 radical (unpaired) electrons. The first kappa shape index (κ1) is 16.8. The van der Waals surface area contributed by atoms with Gasteiger partial charge in [0, 0.05) is 5.02 Å². The molecule has 0 aliphatic heterocycles. The minimum Gasteiger partial charge on any atom is -0.398 e. The molecule has 0 aromatic heterocycles. The van der Waals surface area contributed by atoms with Crippen LogP contribution in [-0.4, -0.2) is 25.7 Å². The van der Waals surface area contributed by atoms with Crippen molar-refractivity contribution >= 4 is 38.9 Å². The van der Waals surface area contributed by atoms with Crippen molar-refractivity contribution in [3.05, 3.63) is 22.2 Å². The van der Waals surface area contributed by atoms with Gasteiger partial charge in [-0.2, -0.15) is 0 Å². The van der Waals surface area contributed by atoms with Gasteiger partial charge < -0.3 is 10.8 Å². The second-order valence-electron chi connectivity index (χ2n) is 5.41. The van der Waals surface area contributed by atoms with Gasteiger partial charge in [-0.15, -0.1) is 0 Å². The number of hydrogen-bond acceptors (Lipinski definition) is 4. The Balaban J connectivity index is 2.38. The van der Waals surface area contributed by atoms with E-state index in [1.807, 2.05) is 0 Å². The van der Waals surface area contributed by atoms with Crippen LogP contribution >= 0.6 is 23.2 Å². The summed E-state index contributed by atoms with van der Waals surface area (Å²) in [6.45, 7) is -0.253. The lowest BCUT2D eigenvalue weighted by Gasteiger charge is -2.36. The van der Waals surface area contributed by atoms with Crippen molar-refractivity contribution in [2.75, 3.05) is 12.3 Å². The standard InChI is InChI=1S/C13H18Cl2N2O3S/c14-9-6-10(15)12(11(16)7-9)21(19,20)17-13(8-18)4-2-1-3-5-13/h6-7,17-18H,1-5,8,16H2. The fourth-order valence-electron chi connectivity index (χ4n) is 2.72. The average molecular weight is 353 g/mol. The molecule has 1 saturated carbocycles. The number of nitrogens with one attached hydrogen (secondary N) is 1. The summed E-state index contributed by atoms with van der Waals surface area (Å²) in [5, 5.41) is 9.86. The van der Waals surface area contributed by atoms with Gasteiger partial charge in [-0.1, -0.05) is 42.5 Å². The third kappa shape index (κ3) is 3.63. The third-order valence-electron chi connectivity index (χ3n) is 3.77. The minimum atomic E-state index is -3.93. The molecule has 4 N–H and O–H groups in total. The molecule has 5 nitrogen and oxygen atoms in total. The summed E-state index contributed by atoms with van der Waals surface area (Å²) in [6, 6.07) is 2.68. The van der Waals surface area contributed by atoms with E-state index in [1.54, 1.807) is 0 Å². The molecule has 118 valence electrons. The van der Waals surface area contributed by atoms with E-state index in [4.69, 9.17) is 28.9 Å². The van der Waals surface area contributed by atoms with E-state index in [1.165, 1.54) is 12.1 Å². The Morgan fingerprint density at radius 1 is 1.24 bits per heavy atom. The second-order valence-corrected chi connectivity index (χ2v) is 7.87. The SMILES string of the molecule is Nc1cc(Cl)cc(Cl)c1S(=O)(=O)NC1(CO)CCCCC1. The van der Waals surface area contributed by atoms with Gasteiger partial charge in [-0.25, -0.2) is 13.1 Å². The number of sulfonamides is 1. The Bertz CT molecular complexity index is 605. The minimum absolute atomic E-state index is 0.0103. The number of benzene rings is 1. The molecule has 2 rings (SSSR count). The number of nitrogens with two attached hydrogens (primary N) is 1. The fourth-order valence-corrected chi connectivity index (χ4v) is 5.16. The monoisotopic (exact) mass is 352 g/mol. The van der Waals surface area contributed by atoms with Gasteiger partial charge in [0.2, 0.25) is 10.0 Å². The van der Waals surface area contributed by atoms with Gasteiger partial charge in [0.1, 0.15) is 4.90 Å². The Labute approximate surface area is 134 Å². The molecule has 8 heteroatoms. The van der Waals surface area contributed by atoms with Crippen LogP contribution in [0.4, 0.5) is 5.69 Å². The van der Waals surface area contributed by atoms with Crippen LogP contribution in [0.3, 0.4) is 0 Å². The average Bonchev–Trinajstić information content (AvgIpc) is 2.37. The van der Waals surface area contributed by atoms with Crippen LogP contribution in [-0.2, 0) is 10.0 Å². The summed E-state index contributed by atoms with van der Waals surface area (Å²) in [7, 11) is -3.93. The molecule has 0 unspecified atom stereocenters. The molecule has 1 aromatic carbocycles. The highest BCUT2D eigenvalue weighted by Gasteiger charge is 2.37. The predicted molar refractivity (Wildman–Crippen MR) is 84.1 cm³/mol. The Morgan fingerprint density at radius 2 is 1.86 bits per heavy atom. The van der Waals surface area contributed by atoms with Crippen LogP contribution in [0.15, 0.2) is 17.0 Å². The van der Waals surface area contributed by atoms with Crippen LogP contribution < -0.4 is 10.5 Å². The largest absolute Gasteiger partial charge is 0.398 e. The normalized spacial score (nSPS) is 18.6. The van der Waals surface area contributed by atoms with Crippen LogP contribution in [0.25, 0.3) is 0 Å². The van der Waals surface area contributed by atoms with Crippen molar-refractivity contribution in [1.29, 1.82) is 0 Å². The lowest BCUT2D eigenvalue weighted by molar-refractivity contribution is 0.142. The van der Waals surface area contributed by atoms with Crippen molar-refractivity contribution in [2.45, 2.75) is 42.5 Å². The zero-order valence-corrected chi connectivity index (χ0v) is 13.7. The molecular formula is C13H18Cl2N2O3S. The van der Waals surface area contributed by atoms with Crippen LogP contribution in [0.2, 0.25) is 10.0 Å². The number of anilines is 1. The quantitative estimate of drug-likeness (QED) is 0.726. The molecule has 0 amide bonds. The van der Waals surface area contributed by atoms with Gasteiger partial charge in [0.05, 0.1) is 22.9 Å². The van der Waals surface area contributed by atoms with E-state index in [-0.39, 0.29) is 27.2 Å². The summed E-state index contributed by atoms with van der Waals surface area (Å²) in [4.78, 5) is -0.188. The first-order chi connectivity index (χ1) is 9.80. The number of aliphatic hydroxyl groups excluding tert-OH is 1. The van der Waals surface area contributed by atoms with Gasteiger partial charge >= 0.3 is 0 Å². The highest BCUT2D eigenvalue weighted by atomic mass is 35.5. The molecule has 0 heterocycles. The third-order valence-corrected chi connectivity index (χ3v) is 6.09. The van der Waals surface area contributed by atoms with Crippen molar-refractivity contribution in [1.82, 2.24) is 4.72 Å². The van der Waals surface area contributed by atoms with Crippen LogP contribution in [0.5, 0.6) is 0 Å². The lowest BCUT2D eigenvalue weighted by Crippen LogP contribution is -2.52. The fraction of sp³-hybridized carbons (Fsp3) is 0.538. The topological polar surface area (TPSA) is 92.4 Å². The highest BCUT2D eigenvalue weighted by Crippen LogP contribution is 2.34. The van der Waals surface area contributed by atoms with E-state index in [0.717, 1.165) is 19.3 Å². The van der Waals surface area contributed by atoms with E-state index in [0.29, 0.717) is 12.8 Å². The van der Waals surface area contributed by atoms with Crippen molar-refractivity contribution in [3.63, 3.8) is 0 Å². The molecule has 21 heavy (non-hydrogen) atoms. The maximum atomic E-state index is 12.6. The molecule has 0 atom stereocenters. The summed E-state index contributed by atoms with van der Waals surface area (Å²) >= 11 is 11.8. The first-order valence-corrected chi connectivity index (χ1v) is 8.93. The Hall–Kier alpha value is -0.530. The Morgan fingerprint density at radius 3 is 2.38 bits per heavy atom. The molecule has 1 aromatic rings. The predicted octanol–water partition coefficient (Wildman–Crippen LogP) is 2.55.